The summed E-state index contributed by atoms with van der Waals surface area (Å²) in [5.41, 5.74) is 0.859. The Morgan fingerprint density at radius 1 is 1.07 bits per heavy atom. The van der Waals surface area contributed by atoms with Crippen molar-refractivity contribution in [2.24, 2.45) is 0 Å². The molecular weight excluding hydrogens is 243 g/mol. The van der Waals surface area contributed by atoms with Gasteiger partial charge in [-0.05, 0) is 44.4 Å². The normalized spacial score (nSPS) is 12.0. The summed E-state index contributed by atoms with van der Waals surface area (Å²) in [5.74, 6) is 0. The van der Waals surface area contributed by atoms with E-state index >= 15 is 0 Å². The topological polar surface area (TPSA) is 0 Å². The van der Waals surface area contributed by atoms with Crippen molar-refractivity contribution in [2.75, 3.05) is 0 Å². The number of hydrogen-bond donors (Lipinski definition) is 0. The van der Waals surface area contributed by atoms with Gasteiger partial charge in [-0.3, -0.25) is 0 Å². The van der Waals surface area contributed by atoms with Gasteiger partial charge in [-0.15, -0.1) is 0 Å². The third kappa shape index (κ3) is 2.02. The van der Waals surface area contributed by atoms with Crippen molar-refractivity contribution in [3.8, 4) is 0 Å². The Bertz CT molecular complexity index is 484. The number of benzene rings is 2. The molecule has 0 aliphatic carbocycles. The molecule has 0 spiro atoms. The van der Waals surface area contributed by atoms with Crippen molar-refractivity contribution in [1.29, 1.82) is 0 Å². The average molecular weight is 251 g/mol. The fraction of sp³-hybridized carbons (Fsp3) is 0. The van der Waals surface area contributed by atoms with Crippen LogP contribution in [-0.4, -0.2) is 0 Å². The second kappa shape index (κ2) is 3.93. The zero-order valence-corrected chi connectivity index (χ0v) is 8.96. The summed E-state index contributed by atoms with van der Waals surface area (Å²) in [5, 5.41) is 2.29. The molecule has 0 atom stereocenters. The lowest BCUT2D eigenvalue weighted by atomic mass is 10.1. The SMILES string of the molecule is F/C(Br)=C\c1ccc2ccccc2c1. The minimum Gasteiger partial charge on any atom is -0.199 e. The van der Waals surface area contributed by atoms with E-state index in [2.05, 4.69) is 15.9 Å². The van der Waals surface area contributed by atoms with E-state index in [9.17, 15) is 4.39 Å². The van der Waals surface area contributed by atoms with E-state index in [1.54, 1.807) is 0 Å². The third-order valence-electron chi connectivity index (χ3n) is 2.05. The van der Waals surface area contributed by atoms with E-state index in [1.165, 1.54) is 11.5 Å². The lowest BCUT2D eigenvalue weighted by Crippen LogP contribution is -1.74. The third-order valence-corrected chi connectivity index (χ3v) is 2.28. The predicted molar refractivity (Wildman–Crippen MR) is 62.0 cm³/mol. The van der Waals surface area contributed by atoms with Crippen LogP contribution in [0.3, 0.4) is 0 Å². The van der Waals surface area contributed by atoms with Gasteiger partial charge in [0.1, 0.15) is 0 Å². The lowest BCUT2D eigenvalue weighted by molar-refractivity contribution is 0.712. The Hall–Kier alpha value is -1.15. The molecule has 0 aliphatic rings. The van der Waals surface area contributed by atoms with Gasteiger partial charge in [0.2, 0.25) is 0 Å². The Morgan fingerprint density at radius 2 is 1.79 bits per heavy atom. The zero-order chi connectivity index (χ0) is 9.97. The van der Waals surface area contributed by atoms with Crippen molar-refractivity contribution in [2.45, 2.75) is 0 Å². The number of halogens is 2. The molecule has 0 aliphatic heterocycles. The lowest BCUT2D eigenvalue weighted by Gasteiger charge is -1.98. The fourth-order valence-corrected chi connectivity index (χ4v) is 1.69. The van der Waals surface area contributed by atoms with E-state index in [0.717, 1.165) is 10.9 Å². The maximum atomic E-state index is 12.6. The molecule has 0 saturated carbocycles. The van der Waals surface area contributed by atoms with E-state index < -0.39 is 0 Å². The van der Waals surface area contributed by atoms with Gasteiger partial charge in [0.15, 0.2) is 4.74 Å². The summed E-state index contributed by atoms with van der Waals surface area (Å²) >= 11 is 2.77. The van der Waals surface area contributed by atoms with Crippen LogP contribution in [0.4, 0.5) is 4.39 Å². The summed E-state index contributed by atoms with van der Waals surface area (Å²) in [7, 11) is 0. The predicted octanol–water partition coefficient (Wildman–Crippen LogP) is 4.50. The molecule has 70 valence electrons. The van der Waals surface area contributed by atoms with Crippen LogP contribution in [0, 0.1) is 0 Å². The molecule has 0 unspecified atom stereocenters. The van der Waals surface area contributed by atoms with E-state index in [4.69, 9.17) is 0 Å². The van der Waals surface area contributed by atoms with Crippen LogP contribution in [0.25, 0.3) is 16.8 Å². The fourth-order valence-electron chi connectivity index (χ4n) is 1.42. The summed E-state index contributed by atoms with van der Waals surface area (Å²) in [6, 6.07) is 13.8. The minimum absolute atomic E-state index is 0.354. The molecule has 0 aromatic heterocycles. The van der Waals surface area contributed by atoms with Crippen molar-refractivity contribution < 1.29 is 4.39 Å². The monoisotopic (exact) mass is 250 g/mol. The van der Waals surface area contributed by atoms with Gasteiger partial charge < -0.3 is 0 Å². The number of rotatable bonds is 1. The molecule has 0 nitrogen and oxygen atoms in total. The second-order valence-corrected chi connectivity index (χ2v) is 3.80. The van der Waals surface area contributed by atoms with Gasteiger partial charge >= 0.3 is 0 Å². The summed E-state index contributed by atoms with van der Waals surface area (Å²) in [6.07, 6.45) is 1.45. The molecule has 2 heteroatoms. The first kappa shape index (κ1) is 9.41. The first-order valence-corrected chi connectivity index (χ1v) is 5.06. The first-order chi connectivity index (χ1) is 6.75. The molecule has 0 fully saturated rings. The quantitative estimate of drug-likeness (QED) is 0.699. The summed E-state index contributed by atoms with van der Waals surface area (Å²) < 4.78 is 12.2. The summed E-state index contributed by atoms with van der Waals surface area (Å²) in [4.78, 5) is 0. The maximum Gasteiger partial charge on any atom is 0.166 e. The van der Waals surface area contributed by atoms with Gasteiger partial charge in [-0.25, -0.2) is 0 Å². The van der Waals surface area contributed by atoms with Crippen LogP contribution >= 0.6 is 15.9 Å². The molecule has 0 amide bonds. The van der Waals surface area contributed by atoms with Crippen molar-refractivity contribution in [3.63, 3.8) is 0 Å². The molecule has 0 radical (unpaired) electrons. The zero-order valence-electron chi connectivity index (χ0n) is 7.37. The molecule has 0 N–H and O–H groups in total. The highest BCUT2D eigenvalue weighted by molar-refractivity contribution is 9.11. The van der Waals surface area contributed by atoms with Crippen LogP contribution in [0.15, 0.2) is 47.2 Å². The minimum atomic E-state index is -0.354. The van der Waals surface area contributed by atoms with Crippen molar-refractivity contribution in [3.05, 3.63) is 52.8 Å². The van der Waals surface area contributed by atoms with Gasteiger partial charge in [0.05, 0.1) is 0 Å². The highest BCUT2D eigenvalue weighted by Crippen LogP contribution is 2.19. The Labute approximate surface area is 90.2 Å². The highest BCUT2D eigenvalue weighted by atomic mass is 79.9. The van der Waals surface area contributed by atoms with Crippen molar-refractivity contribution >= 4 is 32.8 Å². The van der Waals surface area contributed by atoms with E-state index in [0.29, 0.717) is 0 Å². The molecule has 2 rings (SSSR count). The van der Waals surface area contributed by atoms with Crippen LogP contribution in [-0.2, 0) is 0 Å². The van der Waals surface area contributed by atoms with E-state index in [1.807, 2.05) is 42.5 Å². The molecule has 2 aromatic carbocycles. The Morgan fingerprint density at radius 3 is 2.50 bits per heavy atom. The molecule has 0 bridgehead atoms. The highest BCUT2D eigenvalue weighted by Gasteiger charge is 1.94. The van der Waals surface area contributed by atoms with Crippen LogP contribution in [0.5, 0.6) is 0 Å². The maximum absolute atomic E-state index is 12.6. The van der Waals surface area contributed by atoms with Gasteiger partial charge in [0, 0.05) is 0 Å². The van der Waals surface area contributed by atoms with E-state index in [-0.39, 0.29) is 4.74 Å². The largest absolute Gasteiger partial charge is 0.199 e. The van der Waals surface area contributed by atoms with Gasteiger partial charge in [-0.2, -0.15) is 4.39 Å². The van der Waals surface area contributed by atoms with Crippen molar-refractivity contribution in [1.82, 2.24) is 0 Å². The molecule has 2 aromatic rings. The summed E-state index contributed by atoms with van der Waals surface area (Å²) in [6.45, 7) is 0. The number of fused-ring (bicyclic) bond motifs is 1. The number of hydrogen-bond acceptors (Lipinski definition) is 0. The van der Waals surface area contributed by atoms with Crippen LogP contribution in [0.1, 0.15) is 5.56 Å². The Kier molecular flexibility index (Phi) is 2.64. The van der Waals surface area contributed by atoms with Gasteiger partial charge in [0.25, 0.3) is 0 Å². The molecule has 0 heterocycles. The average Bonchev–Trinajstić information content (AvgIpc) is 2.17. The molecule has 14 heavy (non-hydrogen) atoms. The van der Waals surface area contributed by atoms with Crippen LogP contribution in [0.2, 0.25) is 0 Å². The van der Waals surface area contributed by atoms with Gasteiger partial charge in [-0.1, -0.05) is 36.4 Å². The standard InChI is InChI=1S/C12H8BrF/c13-12(14)8-9-5-6-10-3-1-2-4-11(10)7-9/h1-8H/b12-8-. The smallest absolute Gasteiger partial charge is 0.166 e. The second-order valence-electron chi connectivity index (χ2n) is 3.04. The molecule has 0 saturated heterocycles. The Balaban J connectivity index is 2.57. The molecular formula is C12H8BrF. The first-order valence-electron chi connectivity index (χ1n) is 4.27. The van der Waals surface area contributed by atoms with Crippen LogP contribution < -0.4 is 0 Å².